The number of aliphatic hydroxyl groups excluding tert-OH is 1. The second-order valence-electron chi connectivity index (χ2n) is 5.56. The number of aliphatic hydroxyl groups is 1. The molecule has 1 aliphatic heterocycles. The van der Waals surface area contributed by atoms with Crippen molar-refractivity contribution in [3.63, 3.8) is 0 Å². The minimum Gasteiger partial charge on any atom is -0.396 e. The van der Waals surface area contributed by atoms with E-state index in [0.29, 0.717) is 6.42 Å². The van der Waals surface area contributed by atoms with Crippen LogP contribution in [0.2, 0.25) is 0 Å². The fourth-order valence-corrected chi connectivity index (χ4v) is 2.63. The summed E-state index contributed by atoms with van der Waals surface area (Å²) in [6, 6.07) is 9.86. The molecule has 0 aromatic heterocycles. The zero-order valence-electron chi connectivity index (χ0n) is 12.8. The van der Waals surface area contributed by atoms with Crippen LogP contribution in [0.4, 0.5) is 0 Å². The lowest BCUT2D eigenvalue weighted by atomic mass is 9.99. The van der Waals surface area contributed by atoms with Gasteiger partial charge in [-0.05, 0) is 25.8 Å². The van der Waals surface area contributed by atoms with Gasteiger partial charge in [0.15, 0.2) is 5.79 Å². The number of rotatable bonds is 7. The highest BCUT2D eigenvalue weighted by Crippen LogP contribution is 2.38. The normalized spacial score (nSPS) is 25.9. The molecule has 1 aromatic carbocycles. The maximum absolute atomic E-state index is 9.24. The first-order chi connectivity index (χ1) is 10.1. The van der Waals surface area contributed by atoms with Gasteiger partial charge < -0.3 is 24.1 Å². The molecule has 0 amide bonds. The van der Waals surface area contributed by atoms with E-state index in [4.69, 9.17) is 18.9 Å². The Morgan fingerprint density at radius 3 is 2.57 bits per heavy atom. The predicted molar refractivity (Wildman–Crippen MR) is 77.7 cm³/mol. The molecule has 118 valence electrons. The molecule has 5 heteroatoms. The van der Waals surface area contributed by atoms with Crippen LogP contribution in [-0.4, -0.2) is 43.6 Å². The lowest BCUT2D eigenvalue weighted by molar-refractivity contribution is -0.171. The van der Waals surface area contributed by atoms with Crippen molar-refractivity contribution in [2.24, 2.45) is 0 Å². The number of benzene rings is 1. The number of hydrogen-bond donors (Lipinski definition) is 1. The van der Waals surface area contributed by atoms with Gasteiger partial charge in [-0.1, -0.05) is 30.3 Å². The van der Waals surface area contributed by atoms with E-state index in [9.17, 15) is 5.11 Å². The van der Waals surface area contributed by atoms with E-state index in [2.05, 4.69) is 0 Å². The standard InChI is InChI=1S/C16H24O5/c1-16(2)20-13(9-10-17)15(21-16)14(19-11-18-3)12-7-5-4-6-8-12/h4-8,13-15,17H,9-11H2,1-3H3/t13-,14+,15-/m1/s1. The molecule has 1 aliphatic rings. The van der Waals surface area contributed by atoms with Crippen molar-refractivity contribution in [3.05, 3.63) is 35.9 Å². The Bertz CT molecular complexity index is 420. The first-order valence-corrected chi connectivity index (χ1v) is 7.19. The van der Waals surface area contributed by atoms with Crippen LogP contribution in [0.5, 0.6) is 0 Å². The summed E-state index contributed by atoms with van der Waals surface area (Å²) in [6.07, 6.45) is -0.297. The van der Waals surface area contributed by atoms with Crippen LogP contribution in [0.1, 0.15) is 31.9 Å². The molecule has 0 bridgehead atoms. The molecule has 0 unspecified atom stereocenters. The van der Waals surface area contributed by atoms with Crippen molar-refractivity contribution in [1.82, 2.24) is 0 Å². The topological polar surface area (TPSA) is 57.2 Å². The summed E-state index contributed by atoms with van der Waals surface area (Å²) < 4.78 is 22.7. The molecule has 1 fully saturated rings. The maximum Gasteiger partial charge on any atom is 0.163 e. The van der Waals surface area contributed by atoms with E-state index in [1.165, 1.54) is 0 Å². The predicted octanol–water partition coefficient (Wildman–Crippen LogP) is 2.25. The summed E-state index contributed by atoms with van der Waals surface area (Å²) >= 11 is 0. The summed E-state index contributed by atoms with van der Waals surface area (Å²) in [4.78, 5) is 0. The van der Waals surface area contributed by atoms with Crippen LogP contribution in [0.15, 0.2) is 30.3 Å². The van der Waals surface area contributed by atoms with Crippen LogP contribution in [-0.2, 0) is 18.9 Å². The van der Waals surface area contributed by atoms with Gasteiger partial charge in [0.25, 0.3) is 0 Å². The first-order valence-electron chi connectivity index (χ1n) is 7.19. The third kappa shape index (κ3) is 4.25. The van der Waals surface area contributed by atoms with Crippen LogP contribution < -0.4 is 0 Å². The lowest BCUT2D eigenvalue weighted by Crippen LogP contribution is -2.32. The smallest absolute Gasteiger partial charge is 0.163 e. The van der Waals surface area contributed by atoms with Crippen molar-refractivity contribution >= 4 is 0 Å². The highest BCUT2D eigenvalue weighted by atomic mass is 16.8. The summed E-state index contributed by atoms with van der Waals surface area (Å²) in [5.74, 6) is -0.687. The van der Waals surface area contributed by atoms with Gasteiger partial charge in [0.2, 0.25) is 0 Å². The van der Waals surface area contributed by atoms with Gasteiger partial charge in [0.1, 0.15) is 19.0 Å². The fourth-order valence-electron chi connectivity index (χ4n) is 2.63. The second kappa shape index (κ2) is 7.33. The Kier molecular flexibility index (Phi) is 5.72. The highest BCUT2D eigenvalue weighted by Gasteiger charge is 2.45. The van der Waals surface area contributed by atoms with E-state index >= 15 is 0 Å². The quantitative estimate of drug-likeness (QED) is 0.782. The Morgan fingerprint density at radius 2 is 1.95 bits per heavy atom. The Morgan fingerprint density at radius 1 is 1.24 bits per heavy atom. The zero-order chi connectivity index (χ0) is 15.3. The van der Waals surface area contributed by atoms with Crippen molar-refractivity contribution < 1.29 is 24.1 Å². The first kappa shape index (κ1) is 16.4. The fraction of sp³-hybridized carbons (Fsp3) is 0.625. The summed E-state index contributed by atoms with van der Waals surface area (Å²) in [6.45, 7) is 3.96. The van der Waals surface area contributed by atoms with Gasteiger partial charge in [0, 0.05) is 13.7 Å². The Hall–Kier alpha value is -0.980. The Balaban J connectivity index is 2.22. The van der Waals surface area contributed by atoms with Gasteiger partial charge in [-0.15, -0.1) is 0 Å². The molecule has 3 atom stereocenters. The summed E-state index contributed by atoms with van der Waals surface area (Å²) in [5.41, 5.74) is 1.00. The minimum atomic E-state index is -0.687. The lowest BCUT2D eigenvalue weighted by Gasteiger charge is -2.27. The molecule has 0 saturated carbocycles. The highest BCUT2D eigenvalue weighted by molar-refractivity contribution is 5.19. The molecular weight excluding hydrogens is 272 g/mol. The molecule has 1 aromatic rings. The average molecular weight is 296 g/mol. The second-order valence-corrected chi connectivity index (χ2v) is 5.56. The van der Waals surface area contributed by atoms with Crippen LogP contribution in [0.3, 0.4) is 0 Å². The molecule has 5 nitrogen and oxygen atoms in total. The average Bonchev–Trinajstić information content (AvgIpc) is 2.76. The molecule has 2 rings (SSSR count). The molecule has 1 saturated heterocycles. The molecule has 0 radical (unpaired) electrons. The van der Waals surface area contributed by atoms with Crippen molar-refractivity contribution in [1.29, 1.82) is 0 Å². The number of ether oxygens (including phenoxy) is 4. The van der Waals surface area contributed by atoms with Gasteiger partial charge in [-0.3, -0.25) is 0 Å². The summed E-state index contributed by atoms with van der Waals surface area (Å²) in [7, 11) is 1.59. The largest absolute Gasteiger partial charge is 0.396 e. The molecule has 21 heavy (non-hydrogen) atoms. The van der Waals surface area contributed by atoms with E-state index in [0.717, 1.165) is 5.56 Å². The SMILES string of the molecule is COCO[C@@H](c1ccccc1)[C@@H]1OC(C)(C)O[C@@H]1CCO. The van der Waals surface area contributed by atoms with E-state index in [1.54, 1.807) is 7.11 Å². The van der Waals surface area contributed by atoms with E-state index in [-0.39, 0.29) is 31.7 Å². The zero-order valence-corrected chi connectivity index (χ0v) is 12.8. The molecule has 1 heterocycles. The van der Waals surface area contributed by atoms with E-state index in [1.807, 2.05) is 44.2 Å². The van der Waals surface area contributed by atoms with Crippen LogP contribution in [0.25, 0.3) is 0 Å². The third-order valence-electron chi connectivity index (χ3n) is 3.43. The monoisotopic (exact) mass is 296 g/mol. The summed E-state index contributed by atoms with van der Waals surface area (Å²) in [5, 5.41) is 9.24. The molecule has 1 N–H and O–H groups in total. The van der Waals surface area contributed by atoms with Crippen molar-refractivity contribution in [3.8, 4) is 0 Å². The molecule has 0 spiro atoms. The van der Waals surface area contributed by atoms with Crippen LogP contribution in [0, 0.1) is 0 Å². The number of hydrogen-bond acceptors (Lipinski definition) is 5. The molecule has 0 aliphatic carbocycles. The number of methoxy groups -OCH3 is 1. The minimum absolute atomic E-state index is 0.0480. The van der Waals surface area contributed by atoms with Gasteiger partial charge in [0.05, 0.1) is 6.10 Å². The van der Waals surface area contributed by atoms with Gasteiger partial charge >= 0.3 is 0 Å². The van der Waals surface area contributed by atoms with Crippen molar-refractivity contribution in [2.75, 3.05) is 20.5 Å². The van der Waals surface area contributed by atoms with E-state index < -0.39 is 5.79 Å². The van der Waals surface area contributed by atoms with Gasteiger partial charge in [-0.2, -0.15) is 0 Å². The maximum atomic E-state index is 9.24. The van der Waals surface area contributed by atoms with Gasteiger partial charge in [-0.25, -0.2) is 0 Å². The van der Waals surface area contributed by atoms with Crippen molar-refractivity contribution in [2.45, 2.75) is 44.4 Å². The van der Waals surface area contributed by atoms with Crippen LogP contribution >= 0.6 is 0 Å². The Labute approximate surface area is 125 Å². The third-order valence-corrected chi connectivity index (χ3v) is 3.43. The molecular formula is C16H24O5.